The molecule has 7 heteroatoms. The number of anilines is 1. The molecule has 0 N–H and O–H groups in total. The number of rotatable bonds is 8. The summed E-state index contributed by atoms with van der Waals surface area (Å²) in [6.07, 6.45) is 1.91. The number of fused-ring (bicyclic) bond motifs is 2. The number of amides is 1. The van der Waals surface area contributed by atoms with E-state index in [2.05, 4.69) is 6.92 Å². The van der Waals surface area contributed by atoms with Crippen molar-refractivity contribution in [1.29, 1.82) is 0 Å². The molecule has 38 heavy (non-hydrogen) atoms. The Balaban J connectivity index is 1.70. The molecule has 0 aliphatic carbocycles. The molecule has 1 amide bonds. The fourth-order valence-electron chi connectivity index (χ4n) is 4.83. The molecule has 2 heterocycles. The lowest BCUT2D eigenvalue weighted by atomic mass is 9.97. The van der Waals surface area contributed by atoms with Crippen molar-refractivity contribution >= 4 is 28.3 Å². The van der Waals surface area contributed by atoms with E-state index in [1.165, 1.54) is 11.8 Å². The number of ether oxygens (including phenoxy) is 2. The highest BCUT2D eigenvalue weighted by Crippen LogP contribution is 2.43. The van der Waals surface area contributed by atoms with Crippen LogP contribution in [0.3, 0.4) is 0 Å². The molecule has 4 aromatic rings. The third-order valence-electron chi connectivity index (χ3n) is 6.84. The molecule has 1 unspecified atom stereocenters. The third-order valence-corrected chi connectivity index (χ3v) is 6.84. The molecule has 0 saturated carbocycles. The molecule has 0 spiro atoms. The zero-order chi connectivity index (χ0) is 27.0. The van der Waals surface area contributed by atoms with Crippen molar-refractivity contribution in [1.82, 2.24) is 0 Å². The Morgan fingerprint density at radius 2 is 1.76 bits per heavy atom. The molecule has 194 valence electrons. The SMILES string of the molecule is CCCCOc1ccc(C2c3c(oc4ccc(C)cc4c3=O)C(=O)N2c2ccc(C(C)=O)cc2)cc1OC. The van der Waals surface area contributed by atoms with Crippen LogP contribution in [0.4, 0.5) is 5.69 Å². The lowest BCUT2D eigenvalue weighted by Crippen LogP contribution is -2.29. The first-order valence-electron chi connectivity index (χ1n) is 12.7. The molecule has 1 aliphatic rings. The van der Waals surface area contributed by atoms with E-state index in [9.17, 15) is 14.4 Å². The van der Waals surface area contributed by atoms with E-state index in [0.29, 0.717) is 45.9 Å². The first-order chi connectivity index (χ1) is 18.3. The number of hydrogen-bond donors (Lipinski definition) is 0. The van der Waals surface area contributed by atoms with Crippen LogP contribution in [0.25, 0.3) is 11.0 Å². The average molecular weight is 512 g/mol. The number of carbonyl (C=O) groups is 2. The maximum absolute atomic E-state index is 13.9. The number of benzene rings is 3. The fourth-order valence-corrected chi connectivity index (χ4v) is 4.83. The summed E-state index contributed by atoms with van der Waals surface area (Å²) in [4.78, 5) is 41.1. The minimum atomic E-state index is -0.763. The van der Waals surface area contributed by atoms with E-state index in [0.717, 1.165) is 18.4 Å². The monoisotopic (exact) mass is 511 g/mol. The molecule has 1 aromatic heterocycles. The van der Waals surface area contributed by atoms with Crippen LogP contribution in [-0.4, -0.2) is 25.4 Å². The Hall–Kier alpha value is -4.39. The van der Waals surface area contributed by atoms with Gasteiger partial charge in [-0.2, -0.15) is 0 Å². The van der Waals surface area contributed by atoms with Gasteiger partial charge in [-0.15, -0.1) is 0 Å². The second-order valence-electron chi connectivity index (χ2n) is 9.47. The molecule has 0 radical (unpaired) electrons. The molecule has 1 aliphatic heterocycles. The van der Waals surface area contributed by atoms with Gasteiger partial charge in [-0.25, -0.2) is 0 Å². The van der Waals surface area contributed by atoms with Crippen LogP contribution in [0.5, 0.6) is 11.5 Å². The predicted molar refractivity (Wildman–Crippen MR) is 146 cm³/mol. The fraction of sp³-hybridized carbons (Fsp3) is 0.258. The van der Waals surface area contributed by atoms with E-state index in [4.69, 9.17) is 13.9 Å². The highest BCUT2D eigenvalue weighted by Gasteiger charge is 2.44. The molecule has 5 rings (SSSR count). The van der Waals surface area contributed by atoms with Crippen LogP contribution >= 0.6 is 0 Å². The summed E-state index contributed by atoms with van der Waals surface area (Å²) < 4.78 is 17.6. The maximum Gasteiger partial charge on any atom is 0.295 e. The van der Waals surface area contributed by atoms with Gasteiger partial charge < -0.3 is 13.9 Å². The van der Waals surface area contributed by atoms with Crippen LogP contribution in [0.1, 0.15) is 70.3 Å². The molecule has 0 saturated heterocycles. The zero-order valence-electron chi connectivity index (χ0n) is 21.9. The minimum absolute atomic E-state index is 0.00855. The highest BCUT2D eigenvalue weighted by molar-refractivity contribution is 6.11. The van der Waals surface area contributed by atoms with Gasteiger partial charge in [0.2, 0.25) is 5.76 Å². The van der Waals surface area contributed by atoms with Crippen molar-refractivity contribution < 1.29 is 23.5 Å². The van der Waals surface area contributed by atoms with E-state index >= 15 is 0 Å². The quantitative estimate of drug-likeness (QED) is 0.206. The van der Waals surface area contributed by atoms with Gasteiger partial charge in [0.1, 0.15) is 5.58 Å². The number of unbranched alkanes of at least 4 members (excludes halogenated alkanes) is 1. The van der Waals surface area contributed by atoms with Crippen LogP contribution in [-0.2, 0) is 0 Å². The second-order valence-corrected chi connectivity index (χ2v) is 9.47. The standard InChI is InChI=1S/C31H29NO6/c1-5-6-15-37-25-14-10-21(17-26(25)36-4)28-27-29(34)23-16-18(2)7-13-24(23)38-30(27)31(35)32(28)22-11-8-20(9-12-22)19(3)33/h7-14,16-17,28H,5-6,15H2,1-4H3. The van der Waals surface area contributed by atoms with Crippen molar-refractivity contribution in [2.24, 2.45) is 0 Å². The van der Waals surface area contributed by atoms with E-state index in [1.807, 2.05) is 19.1 Å². The minimum Gasteiger partial charge on any atom is -0.493 e. The summed E-state index contributed by atoms with van der Waals surface area (Å²) in [6, 6.07) is 16.8. The smallest absolute Gasteiger partial charge is 0.295 e. The first-order valence-corrected chi connectivity index (χ1v) is 12.7. The number of nitrogens with zero attached hydrogens (tertiary/aromatic N) is 1. The lowest BCUT2D eigenvalue weighted by Gasteiger charge is -2.26. The van der Waals surface area contributed by atoms with Gasteiger partial charge in [0.25, 0.3) is 5.91 Å². The van der Waals surface area contributed by atoms with E-state index in [1.54, 1.807) is 55.6 Å². The number of carbonyl (C=O) groups excluding carboxylic acids is 2. The number of ketones is 1. The normalized spacial score (nSPS) is 14.6. The van der Waals surface area contributed by atoms with Gasteiger partial charge >= 0.3 is 0 Å². The number of methoxy groups -OCH3 is 1. The number of hydrogen-bond acceptors (Lipinski definition) is 6. The molecular formula is C31H29NO6. The second kappa shape index (κ2) is 10.2. The van der Waals surface area contributed by atoms with Crippen LogP contribution in [0.2, 0.25) is 0 Å². The summed E-state index contributed by atoms with van der Waals surface area (Å²) >= 11 is 0. The van der Waals surface area contributed by atoms with Crippen molar-refractivity contribution in [3.8, 4) is 11.5 Å². The first kappa shape index (κ1) is 25.3. The summed E-state index contributed by atoms with van der Waals surface area (Å²) in [7, 11) is 1.56. The molecular weight excluding hydrogens is 482 g/mol. The van der Waals surface area contributed by atoms with Gasteiger partial charge in [-0.05, 0) is 74.4 Å². The van der Waals surface area contributed by atoms with Gasteiger partial charge in [-0.3, -0.25) is 19.3 Å². The number of Topliss-reactive ketones (excluding diaryl/α,β-unsaturated/α-hetero) is 1. The van der Waals surface area contributed by atoms with E-state index in [-0.39, 0.29) is 22.5 Å². The maximum atomic E-state index is 13.9. The number of aryl methyl sites for hydroxylation is 1. The van der Waals surface area contributed by atoms with Gasteiger partial charge in [0.05, 0.1) is 30.7 Å². The van der Waals surface area contributed by atoms with E-state index < -0.39 is 11.9 Å². The molecule has 0 fully saturated rings. The molecule has 7 nitrogen and oxygen atoms in total. The molecule has 3 aromatic carbocycles. The van der Waals surface area contributed by atoms with Gasteiger partial charge in [0, 0.05) is 11.3 Å². The zero-order valence-corrected chi connectivity index (χ0v) is 21.9. The van der Waals surface area contributed by atoms with Crippen molar-refractivity contribution in [3.05, 3.63) is 98.9 Å². The Labute approximate surface area is 220 Å². The van der Waals surface area contributed by atoms with Crippen molar-refractivity contribution in [2.45, 2.75) is 39.7 Å². The largest absolute Gasteiger partial charge is 0.493 e. The molecule has 1 atom stereocenters. The Bertz CT molecular complexity index is 1600. The van der Waals surface area contributed by atoms with Crippen molar-refractivity contribution in [3.63, 3.8) is 0 Å². The topological polar surface area (TPSA) is 86.0 Å². The lowest BCUT2D eigenvalue weighted by molar-refractivity contribution is 0.0970. The Kier molecular flexibility index (Phi) is 6.76. The summed E-state index contributed by atoms with van der Waals surface area (Å²) in [5.74, 6) is 0.600. The van der Waals surface area contributed by atoms with Crippen LogP contribution in [0, 0.1) is 6.92 Å². The summed E-state index contributed by atoms with van der Waals surface area (Å²) in [5, 5.41) is 0.418. The highest BCUT2D eigenvalue weighted by atomic mass is 16.5. The van der Waals surface area contributed by atoms with Gasteiger partial charge in [-0.1, -0.05) is 31.0 Å². The predicted octanol–water partition coefficient (Wildman–Crippen LogP) is 6.24. The Morgan fingerprint density at radius 3 is 2.45 bits per heavy atom. The van der Waals surface area contributed by atoms with Crippen LogP contribution < -0.4 is 19.8 Å². The third kappa shape index (κ3) is 4.34. The van der Waals surface area contributed by atoms with Gasteiger partial charge in [0.15, 0.2) is 22.7 Å². The van der Waals surface area contributed by atoms with Crippen molar-refractivity contribution in [2.75, 3.05) is 18.6 Å². The molecule has 0 bridgehead atoms. The Morgan fingerprint density at radius 1 is 1.00 bits per heavy atom. The van der Waals surface area contributed by atoms with Crippen LogP contribution in [0.15, 0.2) is 69.9 Å². The summed E-state index contributed by atoms with van der Waals surface area (Å²) in [6.45, 7) is 6.04. The summed E-state index contributed by atoms with van der Waals surface area (Å²) in [5.41, 5.74) is 3.03. The average Bonchev–Trinajstić information content (AvgIpc) is 3.21.